The molecule has 1 aromatic rings. The van der Waals surface area contributed by atoms with E-state index in [-0.39, 0.29) is 28.7 Å². The first-order valence-corrected chi connectivity index (χ1v) is 11.2. The Morgan fingerprint density at radius 1 is 1.34 bits per heavy atom. The van der Waals surface area contributed by atoms with E-state index >= 15 is 0 Å². The molecule has 162 valence electrons. The number of hydrogen-bond acceptors (Lipinski definition) is 6. The van der Waals surface area contributed by atoms with Crippen LogP contribution in [0.15, 0.2) is 16.0 Å². The first-order valence-electron chi connectivity index (χ1n) is 10.3. The molecule has 1 saturated heterocycles. The van der Waals surface area contributed by atoms with Gasteiger partial charge in [0.15, 0.2) is 5.16 Å². The minimum atomic E-state index is -0.337. The molecule has 1 aliphatic heterocycles. The molecule has 2 heterocycles. The van der Waals surface area contributed by atoms with Gasteiger partial charge < -0.3 is 15.6 Å². The highest BCUT2D eigenvalue weighted by Crippen LogP contribution is 2.28. The summed E-state index contributed by atoms with van der Waals surface area (Å²) in [5, 5.41) is 0.450. The number of nitrogens with one attached hydrogen (secondary N) is 1. The van der Waals surface area contributed by atoms with Gasteiger partial charge in [-0.1, -0.05) is 18.2 Å². The molecule has 0 bridgehead atoms. The van der Waals surface area contributed by atoms with Crippen molar-refractivity contribution in [2.45, 2.75) is 63.6 Å². The molecule has 1 aromatic heterocycles. The summed E-state index contributed by atoms with van der Waals surface area (Å²) in [6.07, 6.45) is 4.46. The molecule has 1 aliphatic rings. The van der Waals surface area contributed by atoms with Crippen molar-refractivity contribution >= 4 is 23.6 Å². The third-order valence-electron chi connectivity index (χ3n) is 5.51. The Morgan fingerprint density at radius 3 is 2.62 bits per heavy atom. The van der Waals surface area contributed by atoms with E-state index in [0.29, 0.717) is 36.8 Å². The van der Waals surface area contributed by atoms with Crippen molar-refractivity contribution in [1.29, 1.82) is 0 Å². The number of nitrogens with two attached hydrogens (primary N) is 1. The van der Waals surface area contributed by atoms with Crippen LogP contribution < -0.4 is 11.3 Å². The van der Waals surface area contributed by atoms with Crippen LogP contribution in [0.25, 0.3) is 0 Å². The second-order valence-corrected chi connectivity index (χ2v) is 8.86. The zero-order valence-corrected chi connectivity index (χ0v) is 18.5. The molecular weight excluding hydrogens is 390 g/mol. The van der Waals surface area contributed by atoms with Crippen LogP contribution in [0.5, 0.6) is 0 Å². The lowest BCUT2D eigenvalue weighted by Gasteiger charge is -2.44. The third-order valence-corrected chi connectivity index (χ3v) is 6.37. The summed E-state index contributed by atoms with van der Waals surface area (Å²) in [7, 11) is 0. The summed E-state index contributed by atoms with van der Waals surface area (Å²) < 4.78 is 0. The highest BCUT2D eigenvalue weighted by molar-refractivity contribution is 7.99. The van der Waals surface area contributed by atoms with Crippen LogP contribution in [0.3, 0.4) is 0 Å². The number of hydrogen-bond donors (Lipinski definition) is 2. The Morgan fingerprint density at radius 2 is 2.03 bits per heavy atom. The molecule has 8 nitrogen and oxygen atoms in total. The molecule has 1 atom stereocenters. The van der Waals surface area contributed by atoms with Crippen LogP contribution in [0.1, 0.15) is 51.6 Å². The normalized spacial score (nSPS) is 16.9. The predicted molar refractivity (Wildman–Crippen MR) is 115 cm³/mol. The molecule has 2 rings (SSSR count). The molecule has 0 spiro atoms. The van der Waals surface area contributed by atoms with Gasteiger partial charge in [-0.25, -0.2) is 4.98 Å². The Bertz CT molecular complexity index is 763. The number of aromatic nitrogens is 2. The summed E-state index contributed by atoms with van der Waals surface area (Å²) in [6, 6.07) is 1.42. The molecule has 29 heavy (non-hydrogen) atoms. The van der Waals surface area contributed by atoms with E-state index < -0.39 is 0 Å². The Labute approximate surface area is 176 Å². The average molecular weight is 424 g/mol. The lowest BCUT2D eigenvalue weighted by atomic mass is 9.88. The average Bonchev–Trinajstić information content (AvgIpc) is 2.66. The molecule has 0 aromatic carbocycles. The van der Waals surface area contributed by atoms with Crippen molar-refractivity contribution in [3.63, 3.8) is 0 Å². The number of aryl methyl sites for hydroxylation is 1. The Balaban J connectivity index is 1.97. The fourth-order valence-electron chi connectivity index (χ4n) is 3.84. The van der Waals surface area contributed by atoms with Crippen molar-refractivity contribution in [2.75, 3.05) is 31.9 Å². The third kappa shape index (κ3) is 7.15. The molecule has 3 N–H and O–H groups in total. The van der Waals surface area contributed by atoms with Crippen LogP contribution in [0, 0.1) is 6.92 Å². The zero-order valence-electron chi connectivity index (χ0n) is 17.7. The molecule has 1 fully saturated rings. The lowest BCUT2D eigenvalue weighted by molar-refractivity contribution is -0.128. The number of H-pyrrole nitrogens is 1. The van der Waals surface area contributed by atoms with E-state index in [1.807, 2.05) is 6.92 Å². The SMILES string of the molecule is CCN(CCC(C)(CC(N)=O)N1CCCCC1)C(=O)CSc1nc(C)cc(=O)[nH]1. The second kappa shape index (κ2) is 10.8. The van der Waals surface area contributed by atoms with Crippen LogP contribution >= 0.6 is 11.8 Å². The van der Waals surface area contributed by atoms with E-state index in [1.54, 1.807) is 11.8 Å². The molecule has 2 amide bonds. The number of likely N-dealkylation sites (tertiary alicyclic amines) is 1. The number of carbonyl (C=O) groups excluding carboxylic acids is 2. The van der Waals surface area contributed by atoms with Gasteiger partial charge in [0.25, 0.3) is 5.56 Å². The summed E-state index contributed by atoms with van der Waals surface area (Å²) in [6.45, 7) is 8.86. The number of carbonyl (C=O) groups is 2. The summed E-state index contributed by atoms with van der Waals surface area (Å²) in [5.41, 5.74) is 5.60. The molecule has 9 heteroatoms. The zero-order chi connectivity index (χ0) is 21.4. The topological polar surface area (TPSA) is 112 Å². The molecule has 0 aliphatic carbocycles. The number of primary amides is 1. The first kappa shape index (κ1) is 23.4. The summed E-state index contributed by atoms with van der Waals surface area (Å²) in [5.74, 6) is -0.115. The van der Waals surface area contributed by atoms with Gasteiger partial charge in [0.2, 0.25) is 11.8 Å². The van der Waals surface area contributed by atoms with Gasteiger partial charge in [-0.15, -0.1) is 0 Å². The number of nitrogens with zero attached hydrogens (tertiary/aromatic N) is 3. The van der Waals surface area contributed by atoms with Gasteiger partial charge in [0, 0.05) is 36.8 Å². The van der Waals surface area contributed by atoms with Crippen molar-refractivity contribution in [1.82, 2.24) is 19.8 Å². The standard InChI is InChI=1S/C20H33N5O3S/c1-4-24(18(28)14-29-19-22-15(2)12-17(27)23-19)11-8-20(3,13-16(21)26)25-9-6-5-7-10-25/h12H,4-11,13-14H2,1-3H3,(H2,21,26)(H,22,23,27). The summed E-state index contributed by atoms with van der Waals surface area (Å²) in [4.78, 5) is 47.0. The summed E-state index contributed by atoms with van der Waals surface area (Å²) >= 11 is 1.23. The van der Waals surface area contributed by atoms with Gasteiger partial charge >= 0.3 is 0 Å². The monoisotopic (exact) mass is 423 g/mol. The molecule has 0 radical (unpaired) electrons. The van der Waals surface area contributed by atoms with Crippen molar-refractivity contribution in [3.8, 4) is 0 Å². The van der Waals surface area contributed by atoms with Gasteiger partial charge in [-0.2, -0.15) is 0 Å². The second-order valence-electron chi connectivity index (χ2n) is 7.89. The van der Waals surface area contributed by atoms with Crippen molar-refractivity contribution in [2.24, 2.45) is 5.73 Å². The van der Waals surface area contributed by atoms with E-state index in [9.17, 15) is 14.4 Å². The molecule has 1 unspecified atom stereocenters. The predicted octanol–water partition coefficient (Wildman–Crippen LogP) is 1.53. The van der Waals surface area contributed by atoms with Crippen LogP contribution in [0.2, 0.25) is 0 Å². The fraction of sp³-hybridized carbons (Fsp3) is 0.700. The van der Waals surface area contributed by atoms with Crippen molar-refractivity contribution < 1.29 is 9.59 Å². The maximum absolute atomic E-state index is 12.7. The fourth-order valence-corrected chi connectivity index (χ4v) is 4.67. The first-order chi connectivity index (χ1) is 13.7. The lowest BCUT2D eigenvalue weighted by Crippen LogP contribution is -2.52. The van der Waals surface area contributed by atoms with Gasteiger partial charge in [-0.3, -0.25) is 19.3 Å². The maximum Gasteiger partial charge on any atom is 0.251 e. The van der Waals surface area contributed by atoms with Gasteiger partial charge in [-0.05, 0) is 53.1 Å². The highest BCUT2D eigenvalue weighted by Gasteiger charge is 2.34. The minimum absolute atomic E-state index is 0.0123. The van der Waals surface area contributed by atoms with Crippen LogP contribution in [0.4, 0.5) is 0 Å². The van der Waals surface area contributed by atoms with Gasteiger partial charge in [0.1, 0.15) is 0 Å². The molecule has 0 saturated carbocycles. The van der Waals surface area contributed by atoms with Crippen molar-refractivity contribution in [3.05, 3.63) is 22.1 Å². The molecular formula is C20H33N5O3S. The maximum atomic E-state index is 12.7. The number of thioether (sulfide) groups is 1. The quantitative estimate of drug-likeness (QED) is 0.436. The Kier molecular flexibility index (Phi) is 8.70. The Hall–Kier alpha value is -1.87. The number of amides is 2. The van der Waals surface area contributed by atoms with Gasteiger partial charge in [0.05, 0.1) is 5.75 Å². The van der Waals surface area contributed by atoms with E-state index in [4.69, 9.17) is 5.73 Å². The van der Waals surface area contributed by atoms with Crippen LogP contribution in [-0.4, -0.2) is 69.1 Å². The van der Waals surface area contributed by atoms with E-state index in [1.165, 1.54) is 24.2 Å². The van der Waals surface area contributed by atoms with E-state index in [0.717, 1.165) is 25.9 Å². The number of rotatable bonds is 10. The van der Waals surface area contributed by atoms with Crippen LogP contribution in [-0.2, 0) is 9.59 Å². The smallest absolute Gasteiger partial charge is 0.251 e. The van der Waals surface area contributed by atoms with E-state index in [2.05, 4.69) is 21.8 Å². The largest absolute Gasteiger partial charge is 0.370 e. The number of aromatic amines is 1. The minimum Gasteiger partial charge on any atom is -0.370 e. The highest BCUT2D eigenvalue weighted by atomic mass is 32.2. The number of piperidine rings is 1.